The molecular weight excluding hydrogens is 340 g/mol. The van der Waals surface area contributed by atoms with Crippen LogP contribution in [0.5, 0.6) is 0 Å². The Morgan fingerprint density at radius 2 is 1.88 bits per heavy atom. The molecule has 0 N–H and O–H groups in total. The third-order valence-electron chi connectivity index (χ3n) is 5.19. The van der Waals surface area contributed by atoms with Gasteiger partial charge >= 0.3 is 0 Å². The van der Waals surface area contributed by atoms with Gasteiger partial charge in [-0.25, -0.2) is 0 Å². The summed E-state index contributed by atoms with van der Waals surface area (Å²) in [5.74, 6) is 0. The van der Waals surface area contributed by atoms with E-state index in [9.17, 15) is 0 Å². The summed E-state index contributed by atoms with van der Waals surface area (Å²) in [6, 6.07) is 13.3. The van der Waals surface area contributed by atoms with Crippen molar-refractivity contribution in [3.63, 3.8) is 0 Å². The summed E-state index contributed by atoms with van der Waals surface area (Å²) in [5, 5.41) is 2.64. The minimum absolute atomic E-state index is 0.338. The lowest BCUT2D eigenvalue weighted by Gasteiger charge is -2.28. The zero-order valence-electron chi connectivity index (χ0n) is 15.0. The van der Waals surface area contributed by atoms with Crippen LogP contribution in [0.3, 0.4) is 0 Å². The van der Waals surface area contributed by atoms with Gasteiger partial charge in [-0.2, -0.15) is 11.1 Å². The second-order valence-corrected chi connectivity index (χ2v) is 14.2. The van der Waals surface area contributed by atoms with Gasteiger partial charge in [0, 0.05) is 5.54 Å². The summed E-state index contributed by atoms with van der Waals surface area (Å²) in [6.07, 6.45) is 12.2. The Bertz CT molecular complexity index is 967. The molecule has 0 fully saturated rings. The highest BCUT2D eigenvalue weighted by atomic mass is 35.6. The molecule has 0 radical (unpaired) electrons. The summed E-state index contributed by atoms with van der Waals surface area (Å²) >= 11 is 7.06. The van der Waals surface area contributed by atoms with Crippen LogP contribution < -0.4 is 0 Å². The number of hydrogen-bond acceptors (Lipinski definition) is 0. The number of fused-ring (bicyclic) bond motifs is 1. The van der Waals surface area contributed by atoms with Crippen LogP contribution in [0.4, 0.5) is 0 Å². The maximum absolute atomic E-state index is 7.06. The predicted molar refractivity (Wildman–Crippen MR) is 114 cm³/mol. The van der Waals surface area contributed by atoms with Crippen molar-refractivity contribution >= 4 is 34.8 Å². The second-order valence-electron chi connectivity index (χ2n) is 7.60. The van der Waals surface area contributed by atoms with Gasteiger partial charge in [-0.3, -0.25) is 0 Å². The third kappa shape index (κ3) is 2.96. The van der Waals surface area contributed by atoms with Crippen molar-refractivity contribution in [1.29, 1.82) is 0 Å². The first kappa shape index (κ1) is 16.6. The fourth-order valence-corrected chi connectivity index (χ4v) is 6.90. The van der Waals surface area contributed by atoms with Gasteiger partial charge < -0.3 is 0 Å². The first-order valence-electron chi connectivity index (χ1n) is 8.91. The van der Waals surface area contributed by atoms with Crippen molar-refractivity contribution in [2.45, 2.75) is 32.0 Å². The van der Waals surface area contributed by atoms with Gasteiger partial charge in [0.15, 0.2) is 7.38 Å². The molecule has 0 aromatic heterocycles. The summed E-state index contributed by atoms with van der Waals surface area (Å²) in [5.41, 5.74) is 7.27. The lowest BCUT2D eigenvalue weighted by molar-refractivity contribution is 1.21. The molecule has 1 unspecified atom stereocenters. The number of rotatable bonds is 2. The van der Waals surface area contributed by atoms with E-state index in [2.05, 4.69) is 86.8 Å². The lowest BCUT2D eigenvalue weighted by Crippen LogP contribution is -2.26. The molecule has 2 aromatic carbocycles. The molecular formula is C23H23ClSi. The molecule has 2 aromatic rings. The molecule has 1 atom stereocenters. The molecule has 0 aliphatic heterocycles. The first-order chi connectivity index (χ1) is 11.9. The Morgan fingerprint density at radius 1 is 1.08 bits per heavy atom. The molecule has 2 heteroatoms. The van der Waals surface area contributed by atoms with Crippen LogP contribution in [0.25, 0.3) is 16.3 Å². The Hall–Kier alpha value is -1.83. The molecule has 0 bridgehead atoms. The molecule has 0 heterocycles. The minimum Gasteiger partial charge on any atom is -0.167 e. The van der Waals surface area contributed by atoms with Gasteiger partial charge in [0.05, 0.1) is 0 Å². The number of halogens is 1. The Morgan fingerprint density at radius 3 is 2.68 bits per heavy atom. The van der Waals surface area contributed by atoms with Gasteiger partial charge in [0.1, 0.15) is 0 Å². The van der Waals surface area contributed by atoms with Crippen molar-refractivity contribution in [3.8, 4) is 0 Å². The number of allylic oxidation sites excluding steroid dienone is 8. The van der Waals surface area contributed by atoms with Crippen LogP contribution in [0.2, 0.25) is 18.6 Å². The van der Waals surface area contributed by atoms with Crippen molar-refractivity contribution in [2.24, 2.45) is 0 Å². The number of hydrogen-bond donors (Lipinski definition) is 0. The van der Waals surface area contributed by atoms with Crippen molar-refractivity contribution in [2.75, 3.05) is 0 Å². The standard InChI is InChI=1S/C23H23ClSi/c1-16-13-17-10-7-8-11-19(17)21(14-16)22-15-18-9-5-4-6-12-20(18)23(22)25(2,3)24/h4-8,10-15,23H,9H2,1-3H3. The van der Waals surface area contributed by atoms with E-state index in [1.165, 1.54) is 38.6 Å². The maximum Gasteiger partial charge on any atom is 0.162 e. The predicted octanol–water partition coefficient (Wildman–Crippen LogP) is 7.17. The molecule has 25 heavy (non-hydrogen) atoms. The molecule has 0 amide bonds. The smallest absolute Gasteiger partial charge is 0.162 e. The van der Waals surface area contributed by atoms with E-state index >= 15 is 0 Å². The molecule has 2 aliphatic rings. The molecule has 126 valence electrons. The molecule has 2 aliphatic carbocycles. The Labute approximate surface area is 155 Å². The van der Waals surface area contributed by atoms with E-state index < -0.39 is 7.38 Å². The molecule has 0 nitrogen and oxygen atoms in total. The lowest BCUT2D eigenvalue weighted by atomic mass is 9.94. The molecule has 0 spiro atoms. The molecule has 0 saturated heterocycles. The summed E-state index contributed by atoms with van der Waals surface area (Å²) in [7, 11) is -1.94. The van der Waals surface area contributed by atoms with Gasteiger partial charge in [0.25, 0.3) is 0 Å². The highest BCUT2D eigenvalue weighted by Gasteiger charge is 2.40. The van der Waals surface area contributed by atoms with E-state index in [-0.39, 0.29) is 0 Å². The van der Waals surface area contributed by atoms with Crippen LogP contribution >= 0.6 is 11.1 Å². The topological polar surface area (TPSA) is 0 Å². The highest BCUT2D eigenvalue weighted by Crippen LogP contribution is 2.52. The average molecular weight is 363 g/mol. The number of benzene rings is 2. The third-order valence-corrected chi connectivity index (χ3v) is 7.84. The van der Waals surface area contributed by atoms with Gasteiger partial charge in [-0.05, 0) is 52.0 Å². The van der Waals surface area contributed by atoms with Crippen LogP contribution in [-0.4, -0.2) is 7.38 Å². The largest absolute Gasteiger partial charge is 0.167 e. The Kier molecular flexibility index (Phi) is 4.09. The SMILES string of the molecule is Cc1cc(C2=CC3=C(C=CC=CC3)C2[Si](C)(C)Cl)c2ccccc2c1. The van der Waals surface area contributed by atoms with Crippen molar-refractivity contribution in [3.05, 3.63) is 89.1 Å². The summed E-state index contributed by atoms with van der Waals surface area (Å²) < 4.78 is 0. The van der Waals surface area contributed by atoms with Crippen LogP contribution in [-0.2, 0) is 0 Å². The van der Waals surface area contributed by atoms with E-state index in [1.54, 1.807) is 0 Å². The van der Waals surface area contributed by atoms with Gasteiger partial charge in [0.2, 0.25) is 0 Å². The van der Waals surface area contributed by atoms with Gasteiger partial charge in [-0.1, -0.05) is 79.9 Å². The van der Waals surface area contributed by atoms with Gasteiger partial charge in [-0.15, -0.1) is 0 Å². The monoisotopic (exact) mass is 362 g/mol. The minimum atomic E-state index is -1.94. The summed E-state index contributed by atoms with van der Waals surface area (Å²) in [6.45, 7) is 6.73. The molecule has 4 rings (SSSR count). The fourth-order valence-electron chi connectivity index (χ4n) is 4.19. The highest BCUT2D eigenvalue weighted by molar-refractivity contribution is 7.20. The first-order valence-corrected chi connectivity index (χ1v) is 13.0. The maximum atomic E-state index is 7.06. The van der Waals surface area contributed by atoms with E-state index in [4.69, 9.17) is 11.1 Å². The zero-order chi connectivity index (χ0) is 17.6. The Balaban J connectivity index is 1.95. The summed E-state index contributed by atoms with van der Waals surface area (Å²) in [4.78, 5) is 0. The van der Waals surface area contributed by atoms with Crippen molar-refractivity contribution < 1.29 is 0 Å². The van der Waals surface area contributed by atoms with Crippen molar-refractivity contribution in [1.82, 2.24) is 0 Å². The normalized spacial score (nSPS) is 20.0. The van der Waals surface area contributed by atoms with Crippen LogP contribution in [0, 0.1) is 6.92 Å². The van der Waals surface area contributed by atoms with Crippen LogP contribution in [0.15, 0.2) is 77.9 Å². The number of aryl methyl sites for hydroxylation is 1. The van der Waals surface area contributed by atoms with E-state index in [1.807, 2.05) is 0 Å². The molecule has 0 saturated carbocycles. The second kappa shape index (κ2) is 6.16. The quantitative estimate of drug-likeness (QED) is 0.392. The average Bonchev–Trinajstić information content (AvgIpc) is 2.78. The van der Waals surface area contributed by atoms with Crippen LogP contribution in [0.1, 0.15) is 17.5 Å². The van der Waals surface area contributed by atoms with E-state index in [0.29, 0.717) is 5.54 Å². The fraction of sp³-hybridized carbons (Fsp3) is 0.217. The van der Waals surface area contributed by atoms with E-state index in [0.717, 1.165) is 6.42 Å². The zero-order valence-corrected chi connectivity index (χ0v) is 16.8.